The maximum Gasteiger partial charge on any atom is 0.146 e. The van der Waals surface area contributed by atoms with Crippen LogP contribution in [-0.4, -0.2) is 12.4 Å². The lowest BCUT2D eigenvalue weighted by atomic mass is 10.2. The largest absolute Gasteiger partial charge is 0.342 e. The first-order chi connectivity index (χ1) is 7.36. The van der Waals surface area contributed by atoms with E-state index in [1.54, 1.807) is 12.1 Å². The smallest absolute Gasteiger partial charge is 0.146 e. The first kappa shape index (κ1) is 10.1. The van der Waals surface area contributed by atoms with Gasteiger partial charge in [-0.2, -0.15) is 0 Å². The molecule has 0 fully saturated rings. The number of hydrogen-bond acceptors (Lipinski definition) is 2. The van der Waals surface area contributed by atoms with E-state index >= 15 is 0 Å². The quantitative estimate of drug-likeness (QED) is 0.749. The van der Waals surface area contributed by atoms with E-state index < -0.39 is 0 Å². The number of nitrogens with zero attached hydrogens (tertiary/aromatic N) is 1. The molecule has 0 bridgehead atoms. The minimum Gasteiger partial charge on any atom is -0.342 e. The zero-order valence-corrected chi connectivity index (χ0v) is 8.67. The summed E-state index contributed by atoms with van der Waals surface area (Å²) in [5.74, 6) is 0.696. The van der Waals surface area contributed by atoms with Crippen molar-refractivity contribution in [3.05, 3.63) is 30.1 Å². The summed E-state index contributed by atoms with van der Waals surface area (Å²) in [7, 11) is 0. The topological polar surface area (TPSA) is 24.4 Å². The van der Waals surface area contributed by atoms with E-state index in [1.165, 1.54) is 12.5 Å². The number of benzene rings is 1. The average Bonchev–Trinajstić information content (AvgIpc) is 2.50. The first-order valence-corrected chi connectivity index (χ1v) is 5.41. The van der Waals surface area contributed by atoms with Gasteiger partial charge in [0.15, 0.2) is 0 Å². The van der Waals surface area contributed by atoms with Gasteiger partial charge in [-0.25, -0.2) is 4.39 Å². The molecule has 0 spiro atoms. The van der Waals surface area contributed by atoms with Crippen LogP contribution in [0.15, 0.2) is 29.3 Å². The minimum atomic E-state index is -0.218. The third kappa shape index (κ3) is 2.78. The molecule has 0 radical (unpaired) electrons. The highest BCUT2D eigenvalue weighted by molar-refractivity contribution is 5.95. The Morgan fingerprint density at radius 1 is 1.13 bits per heavy atom. The fraction of sp³-hybridized carbons (Fsp3) is 0.417. The van der Waals surface area contributed by atoms with Crippen molar-refractivity contribution in [2.24, 2.45) is 4.99 Å². The lowest BCUT2D eigenvalue weighted by molar-refractivity contribution is 0.632. The third-order valence-electron chi connectivity index (χ3n) is 2.53. The fourth-order valence-corrected chi connectivity index (χ4v) is 1.69. The zero-order chi connectivity index (χ0) is 10.5. The Labute approximate surface area is 89.2 Å². The van der Waals surface area contributed by atoms with Crippen LogP contribution in [0.25, 0.3) is 0 Å². The molecule has 1 aliphatic rings. The van der Waals surface area contributed by atoms with Gasteiger partial charge < -0.3 is 5.32 Å². The maximum atomic E-state index is 13.3. The van der Waals surface area contributed by atoms with Crippen LogP contribution < -0.4 is 5.32 Å². The molecular formula is C12H15FN2. The number of rotatable bonds is 1. The van der Waals surface area contributed by atoms with Crippen molar-refractivity contribution in [3.63, 3.8) is 0 Å². The lowest BCUT2D eigenvalue weighted by Crippen LogP contribution is -2.12. The van der Waals surface area contributed by atoms with Crippen LogP contribution in [0.2, 0.25) is 0 Å². The monoisotopic (exact) mass is 206 g/mol. The molecule has 1 aromatic carbocycles. The van der Waals surface area contributed by atoms with Gasteiger partial charge in [0.2, 0.25) is 0 Å². The predicted molar refractivity (Wildman–Crippen MR) is 60.8 cm³/mol. The molecule has 1 aromatic rings. The van der Waals surface area contributed by atoms with E-state index in [4.69, 9.17) is 0 Å². The number of para-hydroxylation sites is 1. The van der Waals surface area contributed by atoms with Gasteiger partial charge in [-0.05, 0) is 25.0 Å². The summed E-state index contributed by atoms with van der Waals surface area (Å²) in [6.07, 6.45) is 4.42. The molecule has 80 valence electrons. The van der Waals surface area contributed by atoms with Crippen LogP contribution in [0.5, 0.6) is 0 Å². The van der Waals surface area contributed by atoms with Crippen LogP contribution in [0.1, 0.15) is 25.7 Å². The van der Waals surface area contributed by atoms with Crippen molar-refractivity contribution < 1.29 is 4.39 Å². The van der Waals surface area contributed by atoms with Crippen LogP contribution in [-0.2, 0) is 0 Å². The molecule has 15 heavy (non-hydrogen) atoms. The van der Waals surface area contributed by atoms with Gasteiger partial charge in [-0.1, -0.05) is 18.6 Å². The lowest BCUT2D eigenvalue weighted by Gasteiger charge is -2.08. The number of halogens is 1. The highest BCUT2D eigenvalue weighted by atomic mass is 19.1. The Morgan fingerprint density at radius 3 is 2.87 bits per heavy atom. The van der Waals surface area contributed by atoms with Gasteiger partial charge in [0.05, 0.1) is 5.69 Å². The van der Waals surface area contributed by atoms with Crippen molar-refractivity contribution in [2.75, 3.05) is 11.9 Å². The van der Waals surface area contributed by atoms with Crippen LogP contribution in [0, 0.1) is 5.82 Å². The molecule has 1 N–H and O–H groups in total. The van der Waals surface area contributed by atoms with E-state index in [9.17, 15) is 4.39 Å². The second-order valence-electron chi connectivity index (χ2n) is 3.74. The van der Waals surface area contributed by atoms with Crippen molar-refractivity contribution in [1.82, 2.24) is 0 Å². The molecule has 0 saturated heterocycles. The first-order valence-electron chi connectivity index (χ1n) is 5.41. The fourth-order valence-electron chi connectivity index (χ4n) is 1.69. The van der Waals surface area contributed by atoms with Crippen molar-refractivity contribution >= 4 is 11.5 Å². The Bertz CT molecular complexity index is 360. The second kappa shape index (κ2) is 4.91. The summed E-state index contributed by atoms with van der Waals surface area (Å²) in [4.78, 5) is 4.40. The van der Waals surface area contributed by atoms with E-state index in [-0.39, 0.29) is 5.82 Å². The van der Waals surface area contributed by atoms with Crippen molar-refractivity contribution in [1.29, 1.82) is 0 Å². The molecule has 0 unspecified atom stereocenters. The van der Waals surface area contributed by atoms with Gasteiger partial charge in [0.1, 0.15) is 11.7 Å². The van der Waals surface area contributed by atoms with E-state index in [2.05, 4.69) is 10.3 Å². The van der Waals surface area contributed by atoms with Crippen LogP contribution in [0.3, 0.4) is 0 Å². The minimum absolute atomic E-state index is 0.218. The normalized spacial score (nSPS) is 16.7. The SMILES string of the molecule is Fc1ccccc1NC1=NCCCCC1. The third-order valence-corrected chi connectivity index (χ3v) is 2.53. The summed E-state index contributed by atoms with van der Waals surface area (Å²) in [5, 5.41) is 3.06. The van der Waals surface area contributed by atoms with Gasteiger partial charge in [-0.15, -0.1) is 0 Å². The van der Waals surface area contributed by atoms with Crippen molar-refractivity contribution in [3.8, 4) is 0 Å². The Balaban J connectivity index is 2.07. The number of aliphatic imine (C=N–C) groups is 1. The Kier molecular flexibility index (Phi) is 3.33. The number of nitrogens with one attached hydrogen (secondary N) is 1. The molecule has 1 heterocycles. The predicted octanol–water partition coefficient (Wildman–Crippen LogP) is 3.21. The molecule has 0 saturated carbocycles. The number of anilines is 1. The average molecular weight is 206 g/mol. The molecule has 3 heteroatoms. The maximum absolute atomic E-state index is 13.3. The number of amidine groups is 1. The molecule has 1 aliphatic heterocycles. The standard InChI is InChI=1S/C12H15FN2/c13-10-6-3-4-7-11(10)15-12-8-2-1-5-9-14-12/h3-4,6-7H,1-2,5,8-9H2,(H,14,15). The highest BCUT2D eigenvalue weighted by Crippen LogP contribution is 2.15. The Morgan fingerprint density at radius 2 is 2.00 bits per heavy atom. The second-order valence-corrected chi connectivity index (χ2v) is 3.74. The summed E-state index contributed by atoms with van der Waals surface area (Å²) in [6.45, 7) is 0.858. The van der Waals surface area contributed by atoms with E-state index in [0.717, 1.165) is 31.6 Å². The van der Waals surface area contributed by atoms with Gasteiger partial charge in [-0.3, -0.25) is 4.99 Å². The molecule has 0 aromatic heterocycles. The summed E-state index contributed by atoms with van der Waals surface area (Å²) >= 11 is 0. The van der Waals surface area contributed by atoms with Crippen molar-refractivity contribution in [2.45, 2.75) is 25.7 Å². The molecular weight excluding hydrogens is 191 g/mol. The number of hydrogen-bond donors (Lipinski definition) is 1. The van der Waals surface area contributed by atoms with Gasteiger partial charge >= 0.3 is 0 Å². The van der Waals surface area contributed by atoms with Crippen LogP contribution >= 0.6 is 0 Å². The summed E-state index contributed by atoms with van der Waals surface area (Å²) < 4.78 is 13.3. The molecule has 2 rings (SSSR count). The van der Waals surface area contributed by atoms with Crippen LogP contribution in [0.4, 0.5) is 10.1 Å². The molecule has 0 atom stereocenters. The van der Waals surface area contributed by atoms with E-state index in [1.807, 2.05) is 6.07 Å². The summed E-state index contributed by atoms with van der Waals surface area (Å²) in [5.41, 5.74) is 0.526. The van der Waals surface area contributed by atoms with E-state index in [0.29, 0.717) is 5.69 Å². The summed E-state index contributed by atoms with van der Waals surface area (Å²) in [6, 6.07) is 6.71. The zero-order valence-electron chi connectivity index (χ0n) is 8.67. The van der Waals surface area contributed by atoms with Gasteiger partial charge in [0.25, 0.3) is 0 Å². The molecule has 0 amide bonds. The molecule has 0 aliphatic carbocycles. The molecule has 2 nitrogen and oxygen atoms in total. The highest BCUT2D eigenvalue weighted by Gasteiger charge is 2.06. The van der Waals surface area contributed by atoms with Gasteiger partial charge in [0, 0.05) is 13.0 Å². The Hall–Kier alpha value is -1.38.